The van der Waals surface area contributed by atoms with Gasteiger partial charge >= 0.3 is 6.18 Å². The van der Waals surface area contributed by atoms with Crippen molar-refractivity contribution >= 4 is 11.6 Å². The highest BCUT2D eigenvalue weighted by Crippen LogP contribution is 2.31. The van der Waals surface area contributed by atoms with Gasteiger partial charge in [0.05, 0.1) is 11.1 Å². The van der Waals surface area contributed by atoms with E-state index >= 15 is 0 Å². The van der Waals surface area contributed by atoms with Crippen molar-refractivity contribution in [1.82, 2.24) is 0 Å². The van der Waals surface area contributed by atoms with Gasteiger partial charge in [-0.15, -0.1) is 0 Å². The molecular weight excluding hydrogens is 331 g/mol. The van der Waals surface area contributed by atoms with E-state index in [4.69, 9.17) is 0 Å². The van der Waals surface area contributed by atoms with Crippen molar-refractivity contribution in [2.45, 2.75) is 6.18 Å². The molecule has 0 fully saturated rings. The lowest BCUT2D eigenvalue weighted by molar-refractivity contribution is -0.137. The Morgan fingerprint density at radius 1 is 0.913 bits per heavy atom. The third-order valence-corrected chi connectivity index (χ3v) is 2.80. The minimum atomic E-state index is -4.68. The highest BCUT2D eigenvalue weighted by atomic mass is 19.4. The molecule has 2 rings (SSSR count). The molecule has 0 aliphatic carbocycles. The van der Waals surface area contributed by atoms with Gasteiger partial charge in [-0.3, -0.25) is 4.79 Å². The van der Waals surface area contributed by atoms with E-state index in [9.17, 15) is 35.5 Å². The Bertz CT molecular complexity index is 770. The molecule has 23 heavy (non-hydrogen) atoms. The average Bonchev–Trinajstić information content (AvgIpc) is 2.48. The molecule has 9 heteroatoms. The highest BCUT2D eigenvalue weighted by Gasteiger charge is 2.30. The molecule has 0 saturated heterocycles. The number of alkyl halides is 3. The zero-order valence-corrected chi connectivity index (χ0v) is 10.9. The van der Waals surface area contributed by atoms with Gasteiger partial charge in [0.15, 0.2) is 23.3 Å². The molecule has 0 aliphatic heterocycles. The van der Waals surface area contributed by atoms with Crippen LogP contribution in [0.5, 0.6) is 0 Å². The molecule has 0 heterocycles. The van der Waals surface area contributed by atoms with Crippen LogP contribution in [-0.4, -0.2) is 5.91 Å². The third-order valence-electron chi connectivity index (χ3n) is 2.80. The minimum absolute atomic E-state index is 0.108. The van der Waals surface area contributed by atoms with Gasteiger partial charge in [-0.2, -0.15) is 13.2 Å². The number of anilines is 1. The first-order valence-corrected chi connectivity index (χ1v) is 5.93. The van der Waals surface area contributed by atoms with Crippen molar-refractivity contribution in [2.24, 2.45) is 0 Å². The van der Waals surface area contributed by atoms with Gasteiger partial charge in [-0.1, -0.05) is 6.07 Å². The molecule has 1 amide bonds. The van der Waals surface area contributed by atoms with Crippen LogP contribution in [0.25, 0.3) is 0 Å². The van der Waals surface area contributed by atoms with E-state index in [0.717, 1.165) is 18.2 Å². The van der Waals surface area contributed by atoms with Crippen molar-refractivity contribution < 1.29 is 35.5 Å². The lowest BCUT2D eigenvalue weighted by atomic mass is 10.1. The number of hydrogen-bond donors (Lipinski definition) is 1. The van der Waals surface area contributed by atoms with Crippen LogP contribution < -0.4 is 5.32 Å². The topological polar surface area (TPSA) is 29.1 Å². The summed E-state index contributed by atoms with van der Waals surface area (Å²) < 4.78 is 89.9. The fourth-order valence-electron chi connectivity index (χ4n) is 1.71. The molecule has 1 N–H and O–H groups in total. The Morgan fingerprint density at radius 3 is 2.17 bits per heavy atom. The summed E-state index contributed by atoms with van der Waals surface area (Å²) in [5, 5.41) is 1.85. The van der Waals surface area contributed by atoms with Gasteiger partial charge < -0.3 is 5.32 Å². The van der Waals surface area contributed by atoms with Crippen molar-refractivity contribution in [3.05, 3.63) is 64.7 Å². The van der Waals surface area contributed by atoms with Gasteiger partial charge in [0.1, 0.15) is 0 Å². The largest absolute Gasteiger partial charge is 0.416 e. The number of nitrogens with one attached hydrogen (secondary N) is 1. The Morgan fingerprint density at radius 2 is 1.57 bits per heavy atom. The summed E-state index contributed by atoms with van der Waals surface area (Å²) in [5.74, 6) is -9.48. The Hall–Kier alpha value is -2.58. The van der Waals surface area contributed by atoms with Crippen molar-refractivity contribution in [2.75, 3.05) is 5.32 Å². The fraction of sp³-hybridized carbons (Fsp3) is 0.0714. The van der Waals surface area contributed by atoms with E-state index in [-0.39, 0.29) is 11.8 Å². The summed E-state index contributed by atoms with van der Waals surface area (Å²) >= 11 is 0. The minimum Gasteiger partial charge on any atom is -0.322 e. The fourth-order valence-corrected chi connectivity index (χ4v) is 1.71. The number of halogens is 7. The van der Waals surface area contributed by atoms with Gasteiger partial charge in [-0.25, -0.2) is 17.6 Å². The lowest BCUT2D eigenvalue weighted by Gasteiger charge is -2.10. The van der Waals surface area contributed by atoms with Crippen LogP contribution in [0.1, 0.15) is 15.9 Å². The Labute approximate surface area is 124 Å². The standard InChI is InChI=1S/C14H6F7NO/c15-9-5-8(10(16)12(18)11(9)17)13(23)22-7-3-1-2-6(4-7)14(19,20)21/h1-5H,(H,22,23). The molecule has 0 aliphatic rings. The molecule has 0 unspecified atom stereocenters. The number of rotatable bonds is 2. The van der Waals surface area contributed by atoms with E-state index in [0.29, 0.717) is 6.07 Å². The van der Waals surface area contributed by atoms with Gasteiger partial charge in [0.25, 0.3) is 5.91 Å². The van der Waals surface area contributed by atoms with E-state index in [1.807, 2.05) is 5.32 Å². The quantitative estimate of drug-likeness (QED) is 0.487. The number of hydrogen-bond acceptors (Lipinski definition) is 1. The second-order valence-electron chi connectivity index (χ2n) is 4.38. The average molecular weight is 337 g/mol. The number of amides is 1. The summed E-state index contributed by atoms with van der Waals surface area (Å²) in [4.78, 5) is 11.7. The first-order chi connectivity index (χ1) is 10.6. The smallest absolute Gasteiger partial charge is 0.322 e. The second-order valence-corrected chi connectivity index (χ2v) is 4.38. The predicted molar refractivity (Wildman–Crippen MR) is 65.7 cm³/mol. The SMILES string of the molecule is O=C(Nc1cccc(C(F)(F)F)c1)c1cc(F)c(F)c(F)c1F. The van der Waals surface area contributed by atoms with Crippen molar-refractivity contribution in [1.29, 1.82) is 0 Å². The molecule has 0 atom stereocenters. The van der Waals surface area contributed by atoms with E-state index in [1.165, 1.54) is 0 Å². The van der Waals surface area contributed by atoms with Crippen molar-refractivity contribution in [3.8, 4) is 0 Å². The maximum absolute atomic E-state index is 13.4. The molecule has 0 saturated carbocycles. The Balaban J connectivity index is 2.34. The molecular formula is C14H6F7NO. The molecule has 0 aromatic heterocycles. The maximum atomic E-state index is 13.4. The first kappa shape index (κ1) is 16.8. The highest BCUT2D eigenvalue weighted by molar-refractivity contribution is 6.04. The normalized spacial score (nSPS) is 11.4. The molecule has 122 valence electrons. The zero-order valence-electron chi connectivity index (χ0n) is 10.9. The van der Waals surface area contributed by atoms with E-state index in [1.54, 1.807) is 0 Å². The van der Waals surface area contributed by atoms with E-state index in [2.05, 4.69) is 0 Å². The van der Waals surface area contributed by atoms with E-state index < -0.39 is 46.5 Å². The lowest BCUT2D eigenvalue weighted by Crippen LogP contribution is -2.16. The third kappa shape index (κ3) is 3.43. The second kappa shape index (κ2) is 5.90. The van der Waals surface area contributed by atoms with Crippen LogP contribution in [0.15, 0.2) is 30.3 Å². The number of benzene rings is 2. The van der Waals surface area contributed by atoms with Crippen LogP contribution in [0.3, 0.4) is 0 Å². The monoisotopic (exact) mass is 337 g/mol. The first-order valence-electron chi connectivity index (χ1n) is 5.93. The van der Waals surface area contributed by atoms with Crippen molar-refractivity contribution in [3.63, 3.8) is 0 Å². The number of carbonyl (C=O) groups excluding carboxylic acids is 1. The molecule has 0 radical (unpaired) electrons. The number of carbonyl (C=O) groups is 1. The molecule has 2 aromatic rings. The predicted octanol–water partition coefficient (Wildman–Crippen LogP) is 4.51. The van der Waals surface area contributed by atoms with Crippen LogP contribution in [-0.2, 0) is 6.18 Å². The Kier molecular flexibility index (Phi) is 4.31. The van der Waals surface area contributed by atoms with Crippen LogP contribution in [0.2, 0.25) is 0 Å². The summed E-state index contributed by atoms with van der Waals surface area (Å²) in [6, 6.07) is 3.41. The van der Waals surface area contributed by atoms with Gasteiger partial charge in [0, 0.05) is 5.69 Å². The zero-order chi connectivity index (χ0) is 17.4. The van der Waals surface area contributed by atoms with Gasteiger partial charge in [0.2, 0.25) is 0 Å². The molecule has 0 spiro atoms. The summed E-state index contributed by atoms with van der Waals surface area (Å²) in [5.41, 5.74) is -2.65. The van der Waals surface area contributed by atoms with Crippen LogP contribution >= 0.6 is 0 Å². The molecule has 2 nitrogen and oxygen atoms in total. The maximum Gasteiger partial charge on any atom is 0.416 e. The molecule has 0 bridgehead atoms. The molecule has 2 aromatic carbocycles. The van der Waals surface area contributed by atoms with Crippen LogP contribution in [0.4, 0.5) is 36.4 Å². The summed E-state index contributed by atoms with van der Waals surface area (Å²) in [6.45, 7) is 0. The van der Waals surface area contributed by atoms with Gasteiger partial charge in [-0.05, 0) is 24.3 Å². The summed E-state index contributed by atoms with van der Waals surface area (Å²) in [6.07, 6.45) is -4.68. The summed E-state index contributed by atoms with van der Waals surface area (Å²) in [7, 11) is 0. The van der Waals surface area contributed by atoms with Crippen LogP contribution in [0, 0.1) is 23.3 Å².